The number of carbonyl (C=O) groups is 1. The van der Waals surface area contributed by atoms with E-state index < -0.39 is 17.2 Å². The van der Waals surface area contributed by atoms with E-state index in [1.54, 1.807) is 23.4 Å². The molecule has 9 nitrogen and oxygen atoms in total. The van der Waals surface area contributed by atoms with Crippen LogP contribution < -0.4 is 4.74 Å². The van der Waals surface area contributed by atoms with Gasteiger partial charge in [-0.05, 0) is 56.5 Å². The first kappa shape index (κ1) is 30.7. The molecule has 12 heteroatoms. The molecule has 0 aliphatic carbocycles. The van der Waals surface area contributed by atoms with Gasteiger partial charge in [-0.1, -0.05) is 12.6 Å². The zero-order valence-corrected chi connectivity index (χ0v) is 27.1. The van der Waals surface area contributed by atoms with Crippen LogP contribution in [0.5, 0.6) is 5.75 Å². The number of carbonyl (C=O) groups excluding carboxylic acids is 1. The fraction of sp³-hybridized carbons (Fsp3) is 0.257. The van der Waals surface area contributed by atoms with E-state index in [0.717, 1.165) is 39.7 Å². The van der Waals surface area contributed by atoms with Crippen molar-refractivity contribution in [2.45, 2.75) is 39.0 Å². The van der Waals surface area contributed by atoms with Crippen LogP contribution in [0, 0.1) is 11.6 Å². The normalized spacial score (nSPS) is 15.0. The van der Waals surface area contributed by atoms with Crippen molar-refractivity contribution in [3.63, 3.8) is 0 Å². The van der Waals surface area contributed by atoms with Gasteiger partial charge in [-0.2, -0.15) is 10.2 Å². The zero-order valence-electron chi connectivity index (χ0n) is 26.3. The molecule has 1 aliphatic heterocycles. The van der Waals surface area contributed by atoms with Crippen molar-refractivity contribution in [2.75, 3.05) is 13.2 Å². The molecule has 0 bridgehead atoms. The summed E-state index contributed by atoms with van der Waals surface area (Å²) in [5.41, 5.74) is 3.11. The summed E-state index contributed by atoms with van der Waals surface area (Å²) in [7, 11) is 1.86. The van der Waals surface area contributed by atoms with Gasteiger partial charge in [0.15, 0.2) is 0 Å². The Morgan fingerprint density at radius 3 is 2.70 bits per heavy atom. The monoisotopic (exact) mass is 654 g/mol. The van der Waals surface area contributed by atoms with Crippen molar-refractivity contribution in [1.82, 2.24) is 29.4 Å². The van der Waals surface area contributed by atoms with Gasteiger partial charge in [0.2, 0.25) is 5.91 Å². The Balaban J connectivity index is 1.51. The van der Waals surface area contributed by atoms with Crippen molar-refractivity contribution in [2.24, 2.45) is 7.05 Å². The van der Waals surface area contributed by atoms with Crippen molar-refractivity contribution < 1.29 is 23.4 Å². The number of amides is 1. The number of aliphatic hydroxyl groups is 1. The maximum Gasteiger partial charge on any atom is 0.246 e. The molecule has 1 amide bonds. The second-order valence-electron chi connectivity index (χ2n) is 12.4. The van der Waals surface area contributed by atoms with Gasteiger partial charge in [-0.3, -0.25) is 14.2 Å². The molecule has 0 saturated heterocycles. The first-order valence-electron chi connectivity index (χ1n) is 15.1. The number of nitrogens with zero attached hydrogens (tertiary/aromatic N) is 6. The predicted molar refractivity (Wildman–Crippen MR) is 178 cm³/mol. The third-order valence-corrected chi connectivity index (χ3v) is 9.24. The minimum atomic E-state index is -1.26. The fourth-order valence-corrected chi connectivity index (χ4v) is 7.10. The number of aryl methyl sites for hydroxylation is 1. The van der Waals surface area contributed by atoms with E-state index in [1.165, 1.54) is 17.4 Å². The molecule has 0 saturated carbocycles. The number of hydrogen-bond acceptors (Lipinski definition) is 7. The van der Waals surface area contributed by atoms with Crippen molar-refractivity contribution in [1.29, 1.82) is 0 Å². The molecule has 0 spiro atoms. The summed E-state index contributed by atoms with van der Waals surface area (Å²) < 4.78 is 41.0. The van der Waals surface area contributed by atoms with Crippen molar-refractivity contribution >= 4 is 38.2 Å². The highest BCUT2D eigenvalue weighted by Gasteiger charge is 2.31. The number of fused-ring (bicyclic) bond motifs is 3. The van der Waals surface area contributed by atoms with Crippen molar-refractivity contribution in [3.8, 4) is 39.5 Å². The first-order chi connectivity index (χ1) is 22.4. The number of thiophene rings is 1. The second-order valence-corrected chi connectivity index (χ2v) is 13.3. The Bertz CT molecular complexity index is 2210. The van der Waals surface area contributed by atoms with Gasteiger partial charge in [0.25, 0.3) is 0 Å². The van der Waals surface area contributed by atoms with Gasteiger partial charge in [0, 0.05) is 58.5 Å². The molecule has 7 rings (SSSR count). The van der Waals surface area contributed by atoms with Gasteiger partial charge in [-0.25, -0.2) is 13.8 Å². The Morgan fingerprint density at radius 2 is 1.94 bits per heavy atom. The summed E-state index contributed by atoms with van der Waals surface area (Å²) >= 11 is 1.40. The molecule has 0 unspecified atom stereocenters. The summed E-state index contributed by atoms with van der Waals surface area (Å²) in [6, 6.07) is 11.3. The lowest BCUT2D eigenvalue weighted by Gasteiger charge is -2.33. The van der Waals surface area contributed by atoms with Crippen LogP contribution in [-0.2, 0) is 18.4 Å². The van der Waals surface area contributed by atoms with Crippen LogP contribution >= 0.6 is 11.3 Å². The van der Waals surface area contributed by atoms with Crippen LogP contribution in [0.4, 0.5) is 8.78 Å². The lowest BCUT2D eigenvalue weighted by Crippen LogP contribution is -2.40. The molecular weight excluding hydrogens is 622 g/mol. The number of benzene rings is 2. The van der Waals surface area contributed by atoms with Crippen LogP contribution in [0.15, 0.2) is 66.7 Å². The van der Waals surface area contributed by atoms with E-state index in [1.807, 2.05) is 60.6 Å². The number of aromatic nitrogens is 5. The van der Waals surface area contributed by atoms with E-state index in [9.17, 15) is 14.3 Å². The van der Waals surface area contributed by atoms with Crippen LogP contribution in [0.25, 0.3) is 54.8 Å². The number of halogens is 2. The number of ether oxygens (including phenoxy) is 1. The zero-order chi connectivity index (χ0) is 33.2. The van der Waals surface area contributed by atoms with Gasteiger partial charge in [0.05, 0.1) is 40.7 Å². The highest BCUT2D eigenvalue weighted by atomic mass is 32.1. The lowest BCUT2D eigenvalue weighted by molar-refractivity contribution is -0.129. The van der Waals surface area contributed by atoms with E-state index >= 15 is 4.39 Å². The molecule has 240 valence electrons. The largest absolute Gasteiger partial charge is 0.490 e. The smallest absolute Gasteiger partial charge is 0.246 e. The average molecular weight is 655 g/mol. The summed E-state index contributed by atoms with van der Waals surface area (Å²) in [4.78, 5) is 19.5. The van der Waals surface area contributed by atoms with Gasteiger partial charge in [-0.15, -0.1) is 11.3 Å². The van der Waals surface area contributed by atoms with Gasteiger partial charge < -0.3 is 14.7 Å². The topological polar surface area (TPSA) is 98.3 Å². The maximum atomic E-state index is 16.1. The molecule has 5 heterocycles. The highest BCUT2D eigenvalue weighted by molar-refractivity contribution is 7.18. The summed E-state index contributed by atoms with van der Waals surface area (Å²) in [6.45, 7) is 9.36. The number of rotatable bonds is 7. The third kappa shape index (κ3) is 5.47. The molecule has 4 aromatic heterocycles. The summed E-state index contributed by atoms with van der Waals surface area (Å²) in [6.07, 6.45) is 3.23. The summed E-state index contributed by atoms with van der Waals surface area (Å²) in [5.74, 6) is -1.89. The molecule has 1 N–H and O–H groups in total. The quantitative estimate of drug-likeness (QED) is 0.188. The van der Waals surface area contributed by atoms with Crippen LogP contribution in [-0.4, -0.2) is 59.2 Å². The van der Waals surface area contributed by atoms with Crippen molar-refractivity contribution in [3.05, 3.63) is 84.0 Å². The van der Waals surface area contributed by atoms with E-state index in [4.69, 9.17) is 14.8 Å². The van der Waals surface area contributed by atoms with Gasteiger partial charge in [0.1, 0.15) is 35.4 Å². The molecular formula is C35H32F2N6O3S. The standard InChI is InChI=1S/C35H32F2N6O3S/c1-6-29(44)42-10-11-43-27(19(42)2)16-26(40-43)33-31(30-24(37)14-22(36)15-28(30)46-18-35(3,4)45)34-23(9-12-47-34)32(38-33)20-7-8-25-21(13-20)17-41(5)39-25/h6-9,12-17,19,45H,1,10-11,18H2,2-5H3/t19-/m1/s1. The van der Waals surface area contributed by atoms with E-state index in [0.29, 0.717) is 40.4 Å². The first-order valence-corrected chi connectivity index (χ1v) is 16.0. The van der Waals surface area contributed by atoms with E-state index in [2.05, 4.69) is 11.7 Å². The third-order valence-electron chi connectivity index (χ3n) is 8.31. The molecule has 1 aliphatic rings. The lowest BCUT2D eigenvalue weighted by atomic mass is 9.96. The number of pyridine rings is 1. The average Bonchev–Trinajstić information content (AvgIpc) is 3.76. The molecule has 0 radical (unpaired) electrons. The fourth-order valence-electron chi connectivity index (χ4n) is 6.16. The minimum absolute atomic E-state index is 0.0161. The Kier molecular flexibility index (Phi) is 7.44. The Hall–Kier alpha value is -4.94. The molecule has 0 fully saturated rings. The van der Waals surface area contributed by atoms with Crippen LogP contribution in [0.2, 0.25) is 0 Å². The van der Waals surface area contributed by atoms with E-state index in [-0.39, 0.29) is 29.9 Å². The number of hydrogen-bond donors (Lipinski definition) is 1. The maximum absolute atomic E-state index is 16.1. The highest BCUT2D eigenvalue weighted by Crippen LogP contribution is 2.47. The summed E-state index contributed by atoms with van der Waals surface area (Å²) in [5, 5.41) is 23.4. The minimum Gasteiger partial charge on any atom is -0.490 e. The molecule has 2 aromatic carbocycles. The van der Waals surface area contributed by atoms with Crippen LogP contribution in [0.3, 0.4) is 0 Å². The Labute approximate surface area is 273 Å². The SMILES string of the molecule is C=CC(=O)N1CCn2nc(-c3nc(-c4ccc5nn(C)cc5c4)c4ccsc4c3-c3c(F)cc(F)cc3OCC(C)(C)O)cc2[C@H]1C. The molecule has 6 aromatic rings. The predicted octanol–water partition coefficient (Wildman–Crippen LogP) is 6.90. The second kappa shape index (κ2) is 11.4. The van der Waals surface area contributed by atoms with Crippen LogP contribution in [0.1, 0.15) is 32.5 Å². The molecule has 1 atom stereocenters. The Morgan fingerprint density at radius 1 is 1.13 bits per heavy atom. The molecule has 47 heavy (non-hydrogen) atoms. The van der Waals surface area contributed by atoms with Gasteiger partial charge >= 0.3 is 0 Å².